The summed E-state index contributed by atoms with van der Waals surface area (Å²) < 4.78 is 0. The van der Waals surface area contributed by atoms with Gasteiger partial charge in [0.15, 0.2) is 0 Å². The van der Waals surface area contributed by atoms with Crippen LogP contribution in [0, 0.1) is 18.3 Å². The molecule has 0 saturated carbocycles. The van der Waals surface area contributed by atoms with E-state index in [1.54, 1.807) is 12.4 Å². The molecule has 2 heterocycles. The lowest BCUT2D eigenvalue weighted by molar-refractivity contribution is 0.0598. The van der Waals surface area contributed by atoms with Gasteiger partial charge in [0.25, 0.3) is 5.91 Å². The molecule has 1 unspecified atom stereocenters. The summed E-state index contributed by atoms with van der Waals surface area (Å²) in [5.74, 6) is 2.90. The third kappa shape index (κ3) is 2.60. The van der Waals surface area contributed by atoms with Crippen molar-refractivity contribution in [2.75, 3.05) is 6.54 Å². The Morgan fingerprint density at radius 2 is 2.00 bits per heavy atom. The zero-order valence-corrected chi connectivity index (χ0v) is 12.5. The van der Waals surface area contributed by atoms with Crippen molar-refractivity contribution in [1.82, 2.24) is 19.9 Å². The van der Waals surface area contributed by atoms with Gasteiger partial charge in [-0.05, 0) is 31.9 Å². The summed E-state index contributed by atoms with van der Waals surface area (Å²) in [6.07, 6.45) is 10.6. The second-order valence-corrected chi connectivity index (χ2v) is 5.58. The molecule has 5 heteroatoms. The molecule has 3 rings (SSSR count). The van der Waals surface area contributed by atoms with Gasteiger partial charge in [0.05, 0.1) is 23.6 Å². The number of carbonyl (C=O) groups is 1. The van der Waals surface area contributed by atoms with E-state index in [0.29, 0.717) is 17.8 Å². The van der Waals surface area contributed by atoms with Gasteiger partial charge in [-0.1, -0.05) is 12.1 Å². The molecule has 22 heavy (non-hydrogen) atoms. The van der Waals surface area contributed by atoms with Gasteiger partial charge >= 0.3 is 0 Å². The maximum atomic E-state index is 13.0. The van der Waals surface area contributed by atoms with Crippen molar-refractivity contribution in [3.63, 3.8) is 0 Å². The number of hydrogen-bond donors (Lipinski definition) is 0. The number of para-hydroxylation sites is 1. The van der Waals surface area contributed by atoms with E-state index in [4.69, 9.17) is 6.42 Å². The molecule has 0 N–H and O–H groups in total. The van der Waals surface area contributed by atoms with Crippen molar-refractivity contribution in [3.05, 3.63) is 42.2 Å². The molecule has 1 amide bonds. The van der Waals surface area contributed by atoms with Crippen LogP contribution in [0.1, 0.15) is 30.1 Å². The van der Waals surface area contributed by atoms with Crippen LogP contribution in [-0.2, 0) is 0 Å². The second kappa shape index (κ2) is 6.02. The highest BCUT2D eigenvalue weighted by atomic mass is 16.2. The maximum absolute atomic E-state index is 13.0. The predicted molar refractivity (Wildman–Crippen MR) is 83.4 cm³/mol. The molecule has 1 saturated heterocycles. The lowest BCUT2D eigenvalue weighted by Gasteiger charge is -2.36. The van der Waals surface area contributed by atoms with Gasteiger partial charge in [-0.3, -0.25) is 4.79 Å². The molecule has 112 valence electrons. The highest BCUT2D eigenvalue weighted by molar-refractivity contribution is 5.98. The molecule has 0 radical (unpaired) electrons. The van der Waals surface area contributed by atoms with E-state index >= 15 is 0 Å². The van der Waals surface area contributed by atoms with Gasteiger partial charge in [-0.25, -0.2) is 0 Å². The fourth-order valence-electron chi connectivity index (χ4n) is 2.85. The highest BCUT2D eigenvalue weighted by Crippen LogP contribution is 2.25. The monoisotopic (exact) mass is 294 g/mol. The zero-order valence-electron chi connectivity index (χ0n) is 12.5. The third-order valence-corrected chi connectivity index (χ3v) is 4.15. The number of amides is 1. The van der Waals surface area contributed by atoms with Gasteiger partial charge in [0.2, 0.25) is 0 Å². The van der Waals surface area contributed by atoms with Crippen molar-refractivity contribution in [1.29, 1.82) is 0 Å². The molecule has 0 spiro atoms. The number of aromatic nitrogens is 3. The number of terminal acetylenes is 1. The maximum Gasteiger partial charge on any atom is 0.256 e. The first-order valence-electron chi connectivity index (χ1n) is 7.43. The molecule has 0 bridgehead atoms. The number of carbonyl (C=O) groups excluding carboxylic acids is 1. The van der Waals surface area contributed by atoms with E-state index in [0.717, 1.165) is 12.8 Å². The van der Waals surface area contributed by atoms with Crippen LogP contribution >= 0.6 is 0 Å². The van der Waals surface area contributed by atoms with Crippen LogP contribution in [0.25, 0.3) is 5.69 Å². The van der Waals surface area contributed by atoms with Gasteiger partial charge in [0.1, 0.15) is 0 Å². The zero-order chi connectivity index (χ0) is 15.5. The minimum atomic E-state index is -0.0136. The van der Waals surface area contributed by atoms with Crippen LogP contribution in [0.4, 0.5) is 0 Å². The summed E-state index contributed by atoms with van der Waals surface area (Å²) in [4.78, 5) is 16.3. The van der Waals surface area contributed by atoms with Gasteiger partial charge in [-0.2, -0.15) is 15.0 Å². The Morgan fingerprint density at radius 1 is 1.27 bits per heavy atom. The summed E-state index contributed by atoms with van der Waals surface area (Å²) in [6.45, 7) is 2.68. The summed E-state index contributed by atoms with van der Waals surface area (Å²) in [5.41, 5.74) is 1.29. The Kier molecular flexibility index (Phi) is 3.92. The summed E-state index contributed by atoms with van der Waals surface area (Å²) in [5, 5.41) is 8.25. The molecule has 0 aliphatic carbocycles. The number of rotatable bonds is 2. The third-order valence-electron chi connectivity index (χ3n) is 4.15. The van der Waals surface area contributed by atoms with Crippen LogP contribution in [0.15, 0.2) is 36.7 Å². The fraction of sp³-hybridized carbons (Fsp3) is 0.353. The molecule has 2 aromatic rings. The quantitative estimate of drug-likeness (QED) is 0.797. The van der Waals surface area contributed by atoms with Gasteiger partial charge in [-0.15, -0.1) is 12.3 Å². The fourth-order valence-corrected chi connectivity index (χ4v) is 2.85. The molecule has 1 aromatic heterocycles. The normalized spacial score (nSPS) is 21.4. The van der Waals surface area contributed by atoms with Crippen molar-refractivity contribution in [3.8, 4) is 18.0 Å². The molecular weight excluding hydrogens is 276 g/mol. The Labute approximate surface area is 129 Å². The highest BCUT2D eigenvalue weighted by Gasteiger charge is 2.30. The molecular formula is C17H18N4O. The molecule has 1 aromatic carbocycles. The van der Waals surface area contributed by atoms with Crippen LogP contribution in [0.2, 0.25) is 0 Å². The Morgan fingerprint density at radius 3 is 2.73 bits per heavy atom. The number of likely N-dealkylation sites (tertiary alicyclic amines) is 1. The van der Waals surface area contributed by atoms with Gasteiger partial charge < -0.3 is 4.90 Å². The van der Waals surface area contributed by atoms with Crippen LogP contribution < -0.4 is 0 Å². The summed E-state index contributed by atoms with van der Waals surface area (Å²) >= 11 is 0. The summed E-state index contributed by atoms with van der Waals surface area (Å²) in [6, 6.07) is 7.58. The molecule has 5 nitrogen and oxygen atoms in total. The minimum Gasteiger partial charge on any atom is -0.335 e. The predicted octanol–water partition coefficient (Wildman–Crippen LogP) is 2.14. The Bertz CT molecular complexity index is 702. The smallest absolute Gasteiger partial charge is 0.256 e. The van der Waals surface area contributed by atoms with Crippen molar-refractivity contribution >= 4 is 5.91 Å². The number of hydrogen-bond acceptors (Lipinski definition) is 3. The Balaban J connectivity index is 1.94. The van der Waals surface area contributed by atoms with E-state index < -0.39 is 0 Å². The molecule has 1 aliphatic rings. The first-order valence-corrected chi connectivity index (χ1v) is 7.43. The lowest BCUT2D eigenvalue weighted by Crippen LogP contribution is -2.45. The number of piperidine rings is 1. The minimum absolute atomic E-state index is 0.0136. The van der Waals surface area contributed by atoms with E-state index in [1.807, 2.05) is 29.2 Å². The molecule has 1 fully saturated rings. The van der Waals surface area contributed by atoms with Crippen molar-refractivity contribution in [2.45, 2.75) is 25.8 Å². The van der Waals surface area contributed by atoms with Crippen LogP contribution in [0.3, 0.4) is 0 Å². The number of nitrogens with zero attached hydrogens (tertiary/aromatic N) is 4. The standard InChI is InChI=1S/C17H18N4O/c1-3-14-9-8-13(2)20(12-14)17(22)15-6-4-5-7-16(15)21-18-10-11-19-21/h1,4-7,10-11,13-14H,8-9,12H2,2H3/t13-,14?/m1/s1. The van der Waals surface area contributed by atoms with Crippen molar-refractivity contribution < 1.29 is 4.79 Å². The van der Waals surface area contributed by atoms with Gasteiger partial charge in [0, 0.05) is 18.5 Å². The Hall–Kier alpha value is -2.61. The van der Waals surface area contributed by atoms with E-state index in [-0.39, 0.29) is 17.9 Å². The molecule has 2 atom stereocenters. The number of benzene rings is 1. The van der Waals surface area contributed by atoms with Crippen molar-refractivity contribution in [2.24, 2.45) is 5.92 Å². The average Bonchev–Trinajstić information content (AvgIpc) is 3.09. The average molecular weight is 294 g/mol. The first-order chi connectivity index (χ1) is 10.7. The summed E-state index contributed by atoms with van der Waals surface area (Å²) in [7, 11) is 0. The second-order valence-electron chi connectivity index (χ2n) is 5.58. The van der Waals surface area contributed by atoms with E-state index in [2.05, 4.69) is 23.0 Å². The SMILES string of the molecule is C#CC1CC[C@@H](C)N(C(=O)c2ccccc2-n2nccn2)C1. The lowest BCUT2D eigenvalue weighted by atomic mass is 9.93. The largest absolute Gasteiger partial charge is 0.335 e. The van der Waals surface area contributed by atoms with Crippen LogP contribution in [-0.4, -0.2) is 38.4 Å². The molecule has 1 aliphatic heterocycles. The van der Waals surface area contributed by atoms with E-state index in [9.17, 15) is 4.79 Å². The topological polar surface area (TPSA) is 51.0 Å². The van der Waals surface area contributed by atoms with Crippen LogP contribution in [0.5, 0.6) is 0 Å². The first kappa shape index (κ1) is 14.3. The van der Waals surface area contributed by atoms with E-state index in [1.165, 1.54) is 4.80 Å².